The first-order chi connectivity index (χ1) is 12.3. The van der Waals surface area contributed by atoms with Crippen molar-refractivity contribution in [1.29, 1.82) is 0 Å². The lowest BCUT2D eigenvalue weighted by molar-refractivity contribution is 0.111. The van der Waals surface area contributed by atoms with Gasteiger partial charge in [0.25, 0.3) is 0 Å². The van der Waals surface area contributed by atoms with Crippen LogP contribution >= 0.6 is 22.6 Å². The van der Waals surface area contributed by atoms with Gasteiger partial charge < -0.3 is 9.47 Å². The van der Waals surface area contributed by atoms with E-state index in [0.29, 0.717) is 30.3 Å². The molecule has 0 radical (unpaired) electrons. The summed E-state index contributed by atoms with van der Waals surface area (Å²) < 4.78 is 12.6. The fourth-order valence-electron chi connectivity index (χ4n) is 2.37. The van der Waals surface area contributed by atoms with Gasteiger partial charge in [-0.1, -0.05) is 60.7 Å². The van der Waals surface area contributed by atoms with Crippen molar-refractivity contribution in [3.05, 3.63) is 93.1 Å². The number of halogens is 1. The topological polar surface area (TPSA) is 35.5 Å². The number of carbonyl (C=O) groups is 1. The molecule has 0 bridgehead atoms. The second-order valence-corrected chi connectivity index (χ2v) is 6.54. The van der Waals surface area contributed by atoms with Crippen LogP contribution in [0.25, 0.3) is 0 Å². The number of rotatable bonds is 7. The minimum Gasteiger partial charge on any atom is -0.488 e. The van der Waals surface area contributed by atoms with Gasteiger partial charge in [0.2, 0.25) is 0 Å². The molecule has 4 heteroatoms. The molecule has 0 aliphatic rings. The van der Waals surface area contributed by atoms with Crippen LogP contribution in [0, 0.1) is 3.57 Å². The Hall–Kier alpha value is -2.34. The van der Waals surface area contributed by atoms with Crippen LogP contribution in [0.2, 0.25) is 0 Å². The average Bonchev–Trinajstić information content (AvgIpc) is 2.67. The fourth-order valence-corrected chi connectivity index (χ4v) is 3.17. The fraction of sp³-hybridized carbons (Fsp3) is 0.0952. The van der Waals surface area contributed by atoms with E-state index in [2.05, 4.69) is 22.6 Å². The Kier molecular flexibility index (Phi) is 6.06. The Bertz CT molecular complexity index is 833. The van der Waals surface area contributed by atoms with Gasteiger partial charge in [-0.3, -0.25) is 4.79 Å². The molecule has 0 aliphatic carbocycles. The average molecular weight is 444 g/mol. The van der Waals surface area contributed by atoms with Gasteiger partial charge >= 0.3 is 0 Å². The largest absolute Gasteiger partial charge is 0.488 e. The van der Waals surface area contributed by atoms with Crippen LogP contribution in [0.4, 0.5) is 0 Å². The number of ether oxygens (including phenoxy) is 2. The minimum atomic E-state index is 0.403. The Morgan fingerprint density at radius 1 is 0.760 bits per heavy atom. The molecule has 0 atom stereocenters. The second kappa shape index (κ2) is 8.67. The first-order valence-electron chi connectivity index (χ1n) is 7.89. The summed E-state index contributed by atoms with van der Waals surface area (Å²) in [5.74, 6) is 1.27. The number of hydrogen-bond donors (Lipinski definition) is 0. The summed E-state index contributed by atoms with van der Waals surface area (Å²) in [5.41, 5.74) is 2.66. The number of aldehydes is 1. The molecular weight excluding hydrogens is 427 g/mol. The number of hydrogen-bond acceptors (Lipinski definition) is 3. The summed E-state index contributed by atoms with van der Waals surface area (Å²) in [6.07, 6.45) is 0.809. The summed E-state index contributed by atoms with van der Waals surface area (Å²) >= 11 is 2.17. The van der Waals surface area contributed by atoms with Gasteiger partial charge in [0.15, 0.2) is 6.29 Å². The van der Waals surface area contributed by atoms with E-state index in [1.807, 2.05) is 66.7 Å². The summed E-state index contributed by atoms with van der Waals surface area (Å²) in [4.78, 5) is 11.4. The summed E-state index contributed by atoms with van der Waals surface area (Å²) in [6, 6.07) is 23.4. The highest BCUT2D eigenvalue weighted by atomic mass is 127. The molecule has 0 heterocycles. The van der Waals surface area contributed by atoms with Gasteiger partial charge in [-0.05, 0) is 45.9 Å². The van der Waals surface area contributed by atoms with E-state index in [9.17, 15) is 4.79 Å². The van der Waals surface area contributed by atoms with Crippen LogP contribution in [0.5, 0.6) is 11.5 Å². The van der Waals surface area contributed by atoms with Crippen LogP contribution in [0.1, 0.15) is 21.5 Å². The van der Waals surface area contributed by atoms with Crippen molar-refractivity contribution in [1.82, 2.24) is 0 Å². The molecule has 0 fully saturated rings. The summed E-state index contributed by atoms with van der Waals surface area (Å²) in [7, 11) is 0. The zero-order valence-electron chi connectivity index (χ0n) is 13.5. The number of carbonyl (C=O) groups excluding carboxylic acids is 1. The van der Waals surface area contributed by atoms with Crippen molar-refractivity contribution in [2.24, 2.45) is 0 Å². The molecule has 0 N–H and O–H groups in total. The molecule has 25 heavy (non-hydrogen) atoms. The zero-order chi connectivity index (χ0) is 17.5. The van der Waals surface area contributed by atoms with Gasteiger partial charge in [0, 0.05) is 0 Å². The van der Waals surface area contributed by atoms with Crippen LogP contribution < -0.4 is 9.47 Å². The first-order valence-corrected chi connectivity index (χ1v) is 8.97. The monoisotopic (exact) mass is 444 g/mol. The van der Waals surface area contributed by atoms with E-state index in [0.717, 1.165) is 21.0 Å². The lowest BCUT2D eigenvalue weighted by Crippen LogP contribution is -2.03. The van der Waals surface area contributed by atoms with Crippen molar-refractivity contribution in [2.75, 3.05) is 0 Å². The molecule has 3 rings (SSSR count). The second-order valence-electron chi connectivity index (χ2n) is 5.46. The molecular formula is C21H17IO3. The summed E-state index contributed by atoms with van der Waals surface area (Å²) in [6.45, 7) is 0.870. The van der Waals surface area contributed by atoms with Crippen molar-refractivity contribution in [3.63, 3.8) is 0 Å². The third kappa shape index (κ3) is 4.60. The Balaban J connectivity index is 1.77. The Labute approximate surface area is 160 Å². The molecule has 0 unspecified atom stereocenters. The third-order valence-electron chi connectivity index (χ3n) is 3.68. The van der Waals surface area contributed by atoms with E-state index >= 15 is 0 Å². The highest BCUT2D eigenvalue weighted by molar-refractivity contribution is 14.1. The highest BCUT2D eigenvalue weighted by Gasteiger charge is 2.14. The molecule has 0 saturated carbocycles. The molecule has 0 amide bonds. The maximum atomic E-state index is 11.4. The normalized spacial score (nSPS) is 10.3. The van der Waals surface area contributed by atoms with Crippen LogP contribution in [-0.4, -0.2) is 6.29 Å². The molecule has 3 aromatic carbocycles. The molecule has 0 aromatic heterocycles. The first kappa shape index (κ1) is 17.5. The zero-order valence-corrected chi connectivity index (χ0v) is 15.7. The van der Waals surface area contributed by atoms with Gasteiger partial charge in [-0.25, -0.2) is 0 Å². The standard InChI is InChI=1S/C21H17IO3/c22-20-19(24-14-16-7-3-1-4-8-16)12-11-18(13-23)21(20)25-15-17-9-5-2-6-10-17/h1-13H,14-15H2. The lowest BCUT2D eigenvalue weighted by atomic mass is 10.2. The molecule has 0 spiro atoms. The van der Waals surface area contributed by atoms with E-state index in [-0.39, 0.29) is 0 Å². The van der Waals surface area contributed by atoms with Crippen LogP contribution in [0.15, 0.2) is 72.8 Å². The third-order valence-corrected chi connectivity index (χ3v) is 4.70. The van der Waals surface area contributed by atoms with E-state index in [1.54, 1.807) is 6.07 Å². The molecule has 0 saturated heterocycles. The maximum absolute atomic E-state index is 11.4. The lowest BCUT2D eigenvalue weighted by Gasteiger charge is -2.15. The van der Waals surface area contributed by atoms with Gasteiger partial charge in [0.1, 0.15) is 24.7 Å². The Morgan fingerprint density at radius 3 is 1.88 bits per heavy atom. The van der Waals surface area contributed by atoms with E-state index < -0.39 is 0 Å². The summed E-state index contributed by atoms with van der Waals surface area (Å²) in [5, 5.41) is 0. The molecule has 126 valence electrons. The predicted octanol–water partition coefficient (Wildman–Crippen LogP) is 5.26. The quantitative estimate of drug-likeness (QED) is 0.369. The predicted molar refractivity (Wildman–Crippen MR) is 106 cm³/mol. The smallest absolute Gasteiger partial charge is 0.153 e. The van der Waals surface area contributed by atoms with Crippen molar-refractivity contribution in [3.8, 4) is 11.5 Å². The van der Waals surface area contributed by atoms with Crippen LogP contribution in [0.3, 0.4) is 0 Å². The number of benzene rings is 3. The highest BCUT2D eigenvalue weighted by Crippen LogP contribution is 2.34. The SMILES string of the molecule is O=Cc1ccc(OCc2ccccc2)c(I)c1OCc1ccccc1. The van der Waals surface area contributed by atoms with Crippen molar-refractivity contribution >= 4 is 28.9 Å². The minimum absolute atomic E-state index is 0.403. The maximum Gasteiger partial charge on any atom is 0.153 e. The van der Waals surface area contributed by atoms with Gasteiger partial charge in [-0.15, -0.1) is 0 Å². The van der Waals surface area contributed by atoms with Gasteiger partial charge in [-0.2, -0.15) is 0 Å². The van der Waals surface area contributed by atoms with Crippen molar-refractivity contribution < 1.29 is 14.3 Å². The molecule has 3 nitrogen and oxygen atoms in total. The van der Waals surface area contributed by atoms with Gasteiger partial charge in [0.05, 0.1) is 9.13 Å². The van der Waals surface area contributed by atoms with Crippen LogP contribution in [-0.2, 0) is 13.2 Å². The molecule has 3 aromatic rings. The molecule has 0 aliphatic heterocycles. The van der Waals surface area contributed by atoms with E-state index in [4.69, 9.17) is 9.47 Å². The van der Waals surface area contributed by atoms with Crippen molar-refractivity contribution in [2.45, 2.75) is 13.2 Å². The van der Waals surface area contributed by atoms with E-state index in [1.165, 1.54) is 0 Å². The Morgan fingerprint density at radius 2 is 1.32 bits per heavy atom.